The Labute approximate surface area is 223 Å². The molecule has 0 fully saturated rings. The first kappa shape index (κ1) is 27.1. The number of carboxylic acid groups (broad SMARTS) is 1. The lowest BCUT2D eigenvalue weighted by molar-refractivity contribution is -0.384. The van der Waals surface area contributed by atoms with Gasteiger partial charge in [-0.15, -0.1) is 0 Å². The first-order valence-electron chi connectivity index (χ1n) is 12.0. The highest BCUT2D eigenvalue weighted by Crippen LogP contribution is 2.44. The first-order chi connectivity index (χ1) is 18.8. The van der Waals surface area contributed by atoms with Gasteiger partial charge in [-0.1, -0.05) is 48.5 Å². The zero-order valence-corrected chi connectivity index (χ0v) is 20.7. The summed E-state index contributed by atoms with van der Waals surface area (Å²) in [6.45, 7) is -0.296. The van der Waals surface area contributed by atoms with Crippen LogP contribution in [0.5, 0.6) is 5.75 Å². The van der Waals surface area contributed by atoms with Gasteiger partial charge in [-0.25, -0.2) is 9.59 Å². The second-order valence-corrected chi connectivity index (χ2v) is 8.61. The van der Waals surface area contributed by atoms with E-state index in [4.69, 9.17) is 9.47 Å². The van der Waals surface area contributed by atoms with Gasteiger partial charge in [0.2, 0.25) is 5.91 Å². The SMILES string of the molecule is O=C(CN(CC1c2ccccc2-c2ccccc21)C(=O)O)NCOCCNC(=O)Oc1ccc([N+](=O)[O-])cc1. The number of nitrogens with zero attached hydrogens (tertiary/aromatic N) is 2. The minimum Gasteiger partial charge on any atom is -0.465 e. The van der Waals surface area contributed by atoms with Crippen molar-refractivity contribution in [3.05, 3.63) is 94.0 Å². The fourth-order valence-corrected chi connectivity index (χ4v) is 4.32. The van der Waals surface area contributed by atoms with Crippen LogP contribution in [0.1, 0.15) is 17.0 Å². The van der Waals surface area contributed by atoms with Gasteiger partial charge in [0, 0.05) is 31.1 Å². The van der Waals surface area contributed by atoms with E-state index in [1.165, 1.54) is 24.3 Å². The molecule has 0 saturated carbocycles. The summed E-state index contributed by atoms with van der Waals surface area (Å²) in [6, 6.07) is 20.7. The number of carbonyl (C=O) groups excluding carboxylic acids is 2. The van der Waals surface area contributed by atoms with E-state index >= 15 is 0 Å². The Morgan fingerprint density at radius 3 is 2.13 bits per heavy atom. The van der Waals surface area contributed by atoms with Crippen molar-refractivity contribution in [3.63, 3.8) is 0 Å². The highest BCUT2D eigenvalue weighted by molar-refractivity contribution is 5.82. The molecule has 12 nitrogen and oxygen atoms in total. The molecule has 4 rings (SSSR count). The zero-order chi connectivity index (χ0) is 27.8. The third-order valence-electron chi connectivity index (χ3n) is 6.12. The number of fused-ring (bicyclic) bond motifs is 3. The highest BCUT2D eigenvalue weighted by Gasteiger charge is 2.31. The van der Waals surface area contributed by atoms with Crippen LogP contribution in [0.4, 0.5) is 15.3 Å². The van der Waals surface area contributed by atoms with E-state index in [-0.39, 0.29) is 50.3 Å². The molecule has 0 atom stereocenters. The predicted octanol–water partition coefficient (Wildman–Crippen LogP) is 3.57. The number of hydrogen-bond acceptors (Lipinski definition) is 7. The Kier molecular flexibility index (Phi) is 8.69. The number of amides is 3. The van der Waals surface area contributed by atoms with Gasteiger partial charge in [-0.2, -0.15) is 0 Å². The van der Waals surface area contributed by atoms with Gasteiger partial charge in [-0.3, -0.25) is 19.8 Å². The number of hydrogen-bond donors (Lipinski definition) is 3. The molecule has 0 spiro atoms. The minimum atomic E-state index is -1.20. The Bertz CT molecular complexity index is 1320. The summed E-state index contributed by atoms with van der Waals surface area (Å²) in [5.74, 6) is -0.573. The number of ether oxygens (including phenoxy) is 2. The van der Waals surface area contributed by atoms with E-state index in [9.17, 15) is 29.6 Å². The van der Waals surface area contributed by atoms with E-state index < -0.39 is 23.0 Å². The van der Waals surface area contributed by atoms with Crippen molar-refractivity contribution in [1.29, 1.82) is 0 Å². The van der Waals surface area contributed by atoms with Crippen LogP contribution in [0.3, 0.4) is 0 Å². The van der Waals surface area contributed by atoms with Crippen LogP contribution in [-0.4, -0.2) is 66.0 Å². The van der Waals surface area contributed by atoms with E-state index in [1.807, 2.05) is 48.5 Å². The quantitative estimate of drug-likeness (QED) is 0.146. The maximum absolute atomic E-state index is 12.4. The van der Waals surface area contributed by atoms with Gasteiger partial charge in [0.1, 0.15) is 19.0 Å². The molecule has 0 radical (unpaired) electrons. The summed E-state index contributed by atoms with van der Waals surface area (Å²) in [7, 11) is 0. The summed E-state index contributed by atoms with van der Waals surface area (Å²) in [5.41, 5.74) is 4.04. The van der Waals surface area contributed by atoms with Gasteiger partial charge < -0.3 is 25.2 Å². The lowest BCUT2D eigenvalue weighted by atomic mass is 9.96. The van der Waals surface area contributed by atoms with E-state index in [0.717, 1.165) is 27.2 Å². The lowest BCUT2D eigenvalue weighted by Crippen LogP contribution is -2.42. The van der Waals surface area contributed by atoms with Crippen molar-refractivity contribution in [2.75, 3.05) is 33.0 Å². The molecule has 3 amide bonds. The molecule has 0 bridgehead atoms. The largest absolute Gasteiger partial charge is 0.465 e. The van der Waals surface area contributed by atoms with Crippen LogP contribution < -0.4 is 15.4 Å². The molecular weight excluding hydrogens is 508 g/mol. The summed E-state index contributed by atoms with van der Waals surface area (Å²) in [5, 5.41) is 25.4. The molecule has 12 heteroatoms. The number of nitro groups is 1. The number of non-ortho nitro benzene ring substituents is 1. The van der Waals surface area contributed by atoms with Gasteiger partial charge in [0.15, 0.2) is 0 Å². The average Bonchev–Trinajstić information content (AvgIpc) is 3.24. The third kappa shape index (κ3) is 6.87. The van der Waals surface area contributed by atoms with Crippen molar-refractivity contribution in [2.45, 2.75) is 5.92 Å². The molecule has 3 N–H and O–H groups in total. The van der Waals surface area contributed by atoms with Crippen LogP contribution >= 0.6 is 0 Å². The minimum absolute atomic E-state index is 0.0495. The number of nitro benzene ring substituents is 1. The summed E-state index contributed by atoms with van der Waals surface area (Å²) in [4.78, 5) is 47.3. The Hall–Kier alpha value is -4.97. The van der Waals surface area contributed by atoms with Crippen LogP contribution in [0, 0.1) is 10.1 Å². The number of rotatable bonds is 11. The second kappa shape index (κ2) is 12.5. The predicted molar refractivity (Wildman–Crippen MR) is 139 cm³/mol. The topological polar surface area (TPSA) is 160 Å². The van der Waals surface area contributed by atoms with Gasteiger partial charge in [-0.05, 0) is 34.4 Å². The standard InChI is InChI=1S/C27H26N4O8/c32-25(29-17-38-14-13-28-26(33)39-19-11-9-18(10-12-19)31(36)37)16-30(27(34)35)15-24-22-7-3-1-5-20(22)21-6-2-4-8-23(21)24/h1-12,24H,13-17H2,(H,28,33)(H,29,32)(H,34,35). The number of carbonyl (C=O) groups is 3. The summed E-state index contributed by atoms with van der Waals surface area (Å²) >= 11 is 0. The molecular formula is C27H26N4O8. The van der Waals surface area contributed by atoms with Gasteiger partial charge >= 0.3 is 12.2 Å². The van der Waals surface area contributed by atoms with Crippen molar-refractivity contribution in [1.82, 2.24) is 15.5 Å². The molecule has 0 aromatic heterocycles. The molecule has 1 aliphatic rings. The van der Waals surface area contributed by atoms with Crippen LogP contribution in [0.15, 0.2) is 72.8 Å². The van der Waals surface area contributed by atoms with Crippen molar-refractivity contribution >= 4 is 23.8 Å². The third-order valence-corrected chi connectivity index (χ3v) is 6.12. The molecule has 3 aromatic rings. The van der Waals surface area contributed by atoms with E-state index in [0.29, 0.717) is 0 Å². The Morgan fingerprint density at radius 1 is 0.923 bits per heavy atom. The molecule has 1 aliphatic carbocycles. The normalized spacial score (nSPS) is 11.7. The summed E-state index contributed by atoms with van der Waals surface area (Å²) in [6.07, 6.45) is -1.98. The molecule has 0 saturated heterocycles. The monoisotopic (exact) mass is 534 g/mol. The molecule has 39 heavy (non-hydrogen) atoms. The average molecular weight is 535 g/mol. The fourth-order valence-electron chi connectivity index (χ4n) is 4.32. The van der Waals surface area contributed by atoms with Crippen LogP contribution in [0.2, 0.25) is 0 Å². The first-order valence-corrected chi connectivity index (χ1v) is 12.0. The van der Waals surface area contributed by atoms with Crippen LogP contribution in [0.25, 0.3) is 11.1 Å². The van der Waals surface area contributed by atoms with Crippen molar-refractivity contribution in [2.24, 2.45) is 0 Å². The Balaban J connectivity index is 1.18. The molecule has 0 unspecified atom stereocenters. The van der Waals surface area contributed by atoms with Crippen molar-refractivity contribution < 1.29 is 33.9 Å². The second-order valence-electron chi connectivity index (χ2n) is 8.61. The van der Waals surface area contributed by atoms with Crippen molar-refractivity contribution in [3.8, 4) is 16.9 Å². The number of nitrogens with one attached hydrogen (secondary N) is 2. The van der Waals surface area contributed by atoms with E-state index in [1.54, 1.807) is 0 Å². The lowest BCUT2D eigenvalue weighted by Gasteiger charge is -2.24. The molecule has 3 aromatic carbocycles. The maximum Gasteiger partial charge on any atom is 0.412 e. The molecule has 0 aliphatic heterocycles. The fraction of sp³-hybridized carbons (Fsp3) is 0.222. The smallest absolute Gasteiger partial charge is 0.412 e. The maximum atomic E-state index is 12.4. The number of benzene rings is 3. The Morgan fingerprint density at radius 2 is 1.54 bits per heavy atom. The highest BCUT2D eigenvalue weighted by atomic mass is 16.6. The van der Waals surface area contributed by atoms with Crippen LogP contribution in [-0.2, 0) is 9.53 Å². The molecule has 202 valence electrons. The van der Waals surface area contributed by atoms with Gasteiger partial charge in [0.25, 0.3) is 5.69 Å². The zero-order valence-electron chi connectivity index (χ0n) is 20.7. The molecule has 0 heterocycles. The van der Waals surface area contributed by atoms with E-state index in [2.05, 4.69) is 10.6 Å². The van der Waals surface area contributed by atoms with Gasteiger partial charge in [0.05, 0.1) is 11.5 Å². The summed E-state index contributed by atoms with van der Waals surface area (Å²) < 4.78 is 10.3.